The van der Waals surface area contributed by atoms with Crippen LogP contribution in [0.4, 0.5) is 4.79 Å². The molecule has 3 rings (SSSR count). The summed E-state index contributed by atoms with van der Waals surface area (Å²) in [4.78, 5) is 17.5. The van der Waals surface area contributed by atoms with Gasteiger partial charge in [0.25, 0.3) is 0 Å². The maximum atomic E-state index is 13.2. The second-order valence-electron chi connectivity index (χ2n) is 8.87. The second-order valence-corrected chi connectivity index (χ2v) is 8.87. The zero-order chi connectivity index (χ0) is 17.5. The van der Waals surface area contributed by atoms with Crippen molar-refractivity contribution in [2.24, 2.45) is 11.3 Å². The molecular formula is C19H35N3O2. The highest BCUT2D eigenvalue weighted by Gasteiger charge is 2.57. The molecule has 2 heterocycles. The molecule has 3 unspecified atom stereocenters. The van der Waals surface area contributed by atoms with E-state index in [1.807, 2.05) is 0 Å². The summed E-state index contributed by atoms with van der Waals surface area (Å²) in [7, 11) is 0. The van der Waals surface area contributed by atoms with Crippen LogP contribution in [0.25, 0.3) is 0 Å². The molecule has 5 heteroatoms. The van der Waals surface area contributed by atoms with Gasteiger partial charge in [-0.05, 0) is 39.2 Å². The van der Waals surface area contributed by atoms with E-state index >= 15 is 0 Å². The molecular weight excluding hydrogens is 302 g/mol. The number of nitrogens with zero attached hydrogens (tertiary/aromatic N) is 2. The van der Waals surface area contributed by atoms with Gasteiger partial charge in [0.15, 0.2) is 0 Å². The van der Waals surface area contributed by atoms with E-state index in [9.17, 15) is 4.79 Å². The molecule has 24 heavy (non-hydrogen) atoms. The average Bonchev–Trinajstić information content (AvgIpc) is 2.95. The van der Waals surface area contributed by atoms with E-state index in [-0.39, 0.29) is 23.0 Å². The van der Waals surface area contributed by atoms with Gasteiger partial charge in [0.1, 0.15) is 0 Å². The minimum absolute atomic E-state index is 0.0136. The number of rotatable bonds is 6. The lowest BCUT2D eigenvalue weighted by Crippen LogP contribution is -2.50. The Morgan fingerprint density at radius 1 is 1.29 bits per heavy atom. The van der Waals surface area contributed by atoms with Crippen molar-refractivity contribution in [3.8, 4) is 0 Å². The Labute approximate surface area is 147 Å². The summed E-state index contributed by atoms with van der Waals surface area (Å²) in [6.07, 6.45) is 3.41. The van der Waals surface area contributed by atoms with Crippen LogP contribution in [-0.2, 0) is 4.74 Å². The highest BCUT2D eigenvalue weighted by Crippen LogP contribution is 2.46. The van der Waals surface area contributed by atoms with Gasteiger partial charge in [0.05, 0.1) is 18.8 Å². The van der Waals surface area contributed by atoms with Crippen LogP contribution in [0, 0.1) is 11.3 Å². The zero-order valence-corrected chi connectivity index (χ0v) is 16.1. The summed E-state index contributed by atoms with van der Waals surface area (Å²) in [6.45, 7) is 15.3. The fourth-order valence-electron chi connectivity index (χ4n) is 5.29. The Bertz CT molecular complexity index is 477. The molecule has 3 aliphatic rings. The van der Waals surface area contributed by atoms with Crippen LogP contribution in [0.1, 0.15) is 53.9 Å². The average molecular weight is 338 g/mol. The van der Waals surface area contributed by atoms with Gasteiger partial charge in [0.2, 0.25) is 0 Å². The summed E-state index contributed by atoms with van der Waals surface area (Å²) < 4.78 is 5.40. The molecule has 0 aromatic heterocycles. The number of hydrogen-bond acceptors (Lipinski definition) is 3. The smallest absolute Gasteiger partial charge is 0.320 e. The van der Waals surface area contributed by atoms with Crippen LogP contribution in [0.5, 0.6) is 0 Å². The number of amides is 2. The first-order chi connectivity index (χ1) is 11.3. The lowest BCUT2D eigenvalue weighted by Gasteiger charge is -2.40. The molecule has 1 aliphatic carbocycles. The molecule has 1 spiro atoms. The van der Waals surface area contributed by atoms with Crippen LogP contribution in [0.3, 0.4) is 0 Å². The van der Waals surface area contributed by atoms with E-state index in [0.717, 1.165) is 45.7 Å². The molecule has 0 aromatic carbocycles. The first-order valence-corrected chi connectivity index (χ1v) is 9.73. The van der Waals surface area contributed by atoms with Crippen LogP contribution in [0.2, 0.25) is 0 Å². The van der Waals surface area contributed by atoms with Crippen LogP contribution in [-0.4, -0.2) is 66.3 Å². The van der Waals surface area contributed by atoms with Crippen molar-refractivity contribution in [1.82, 2.24) is 15.1 Å². The molecule has 1 saturated carbocycles. The van der Waals surface area contributed by atoms with Crippen molar-refractivity contribution in [2.45, 2.75) is 71.5 Å². The normalized spacial score (nSPS) is 35.3. The first-order valence-electron chi connectivity index (χ1n) is 9.73. The maximum absolute atomic E-state index is 13.2. The van der Waals surface area contributed by atoms with Crippen LogP contribution < -0.4 is 5.32 Å². The van der Waals surface area contributed by atoms with Crippen molar-refractivity contribution in [2.75, 3.05) is 32.8 Å². The molecule has 2 saturated heterocycles. The number of ether oxygens (including phenoxy) is 1. The molecule has 138 valence electrons. The highest BCUT2D eigenvalue weighted by molar-refractivity contribution is 5.79. The Kier molecular flexibility index (Phi) is 4.86. The van der Waals surface area contributed by atoms with E-state index < -0.39 is 0 Å². The third kappa shape index (κ3) is 2.94. The van der Waals surface area contributed by atoms with Gasteiger partial charge < -0.3 is 19.9 Å². The number of nitrogens with one attached hydrogen (secondary N) is 1. The second kappa shape index (κ2) is 6.49. The largest absolute Gasteiger partial charge is 0.380 e. The number of carbonyl (C=O) groups is 1. The third-order valence-corrected chi connectivity index (χ3v) is 6.26. The molecule has 3 atom stereocenters. The van der Waals surface area contributed by atoms with E-state index in [1.165, 1.54) is 6.42 Å². The molecule has 1 N–H and O–H groups in total. The Morgan fingerprint density at radius 2 is 2.00 bits per heavy atom. The van der Waals surface area contributed by atoms with Gasteiger partial charge in [-0.3, -0.25) is 0 Å². The van der Waals surface area contributed by atoms with Gasteiger partial charge >= 0.3 is 6.03 Å². The van der Waals surface area contributed by atoms with Crippen molar-refractivity contribution in [1.29, 1.82) is 0 Å². The Balaban J connectivity index is 1.81. The van der Waals surface area contributed by atoms with Crippen molar-refractivity contribution >= 4 is 6.03 Å². The van der Waals surface area contributed by atoms with Gasteiger partial charge in [-0.1, -0.05) is 27.2 Å². The third-order valence-electron chi connectivity index (χ3n) is 6.26. The molecule has 3 fully saturated rings. The Hall–Kier alpha value is -0.810. The Morgan fingerprint density at radius 3 is 2.50 bits per heavy atom. The van der Waals surface area contributed by atoms with E-state index in [0.29, 0.717) is 12.0 Å². The van der Waals surface area contributed by atoms with Crippen LogP contribution in [0.15, 0.2) is 0 Å². The highest BCUT2D eigenvalue weighted by atomic mass is 16.5. The van der Waals surface area contributed by atoms with E-state index in [2.05, 4.69) is 49.7 Å². The fraction of sp³-hybridized carbons (Fsp3) is 0.947. The summed E-state index contributed by atoms with van der Waals surface area (Å²) in [5, 5.41) is 3.68. The van der Waals surface area contributed by atoms with Gasteiger partial charge in [-0.25, -0.2) is 4.79 Å². The first kappa shape index (κ1) is 18.0. The van der Waals surface area contributed by atoms with Crippen molar-refractivity contribution < 1.29 is 9.53 Å². The predicted octanol–water partition coefficient (Wildman–Crippen LogP) is 2.71. The quantitative estimate of drug-likeness (QED) is 0.810. The topological polar surface area (TPSA) is 44.8 Å². The zero-order valence-electron chi connectivity index (χ0n) is 16.1. The summed E-state index contributed by atoms with van der Waals surface area (Å²) in [5.41, 5.74) is 0.160. The van der Waals surface area contributed by atoms with Crippen molar-refractivity contribution in [3.63, 3.8) is 0 Å². The summed E-state index contributed by atoms with van der Waals surface area (Å²) in [6, 6.07) is 1.03. The molecule has 0 aromatic rings. The number of carbonyl (C=O) groups excluding carboxylic acids is 1. The number of hydrogen-bond donors (Lipinski definition) is 1. The molecule has 0 bridgehead atoms. The van der Waals surface area contributed by atoms with Gasteiger partial charge in [-0.15, -0.1) is 0 Å². The molecule has 2 aliphatic heterocycles. The summed E-state index contributed by atoms with van der Waals surface area (Å²) in [5.74, 6) is 0.668. The lowest BCUT2D eigenvalue weighted by atomic mass is 9.87. The van der Waals surface area contributed by atoms with E-state index in [1.54, 1.807) is 0 Å². The SMILES string of the molecule is CCNC1CC2(CC1CC)CN(CC1(C)COC1)C(=O)N2C(C)C. The fourth-order valence-corrected chi connectivity index (χ4v) is 5.29. The standard InChI is InChI=1S/C19H35N3O2/c1-6-15-8-19(9-16(15)20-7-2)11-21(10-18(5)12-24-13-18)17(23)22(19)14(3)4/h14-16,20H,6-13H2,1-5H3. The van der Waals surface area contributed by atoms with Crippen molar-refractivity contribution in [3.05, 3.63) is 0 Å². The molecule has 0 radical (unpaired) electrons. The predicted molar refractivity (Wildman–Crippen MR) is 96.1 cm³/mol. The van der Waals surface area contributed by atoms with Gasteiger partial charge in [0, 0.05) is 30.6 Å². The van der Waals surface area contributed by atoms with Gasteiger partial charge in [-0.2, -0.15) is 0 Å². The number of urea groups is 1. The molecule has 2 amide bonds. The monoisotopic (exact) mass is 337 g/mol. The maximum Gasteiger partial charge on any atom is 0.320 e. The van der Waals surface area contributed by atoms with Crippen LogP contribution >= 0.6 is 0 Å². The summed E-state index contributed by atoms with van der Waals surface area (Å²) >= 11 is 0. The molecule has 5 nitrogen and oxygen atoms in total. The van der Waals surface area contributed by atoms with E-state index in [4.69, 9.17) is 4.74 Å². The minimum atomic E-state index is 0.0136. The minimum Gasteiger partial charge on any atom is -0.380 e. The lowest BCUT2D eigenvalue weighted by molar-refractivity contribution is -0.109.